The monoisotopic (exact) mass is 356 g/mol. The number of carbonyl (C=O) groups excluding carboxylic acids is 2. The van der Waals surface area contributed by atoms with Crippen LogP contribution in [-0.4, -0.2) is 31.6 Å². The lowest BCUT2D eigenvalue weighted by atomic mass is 10.1. The normalized spacial score (nSPS) is 10.2. The van der Waals surface area contributed by atoms with Crippen molar-refractivity contribution in [2.24, 2.45) is 5.73 Å². The summed E-state index contributed by atoms with van der Waals surface area (Å²) in [6, 6.07) is 14.2. The van der Waals surface area contributed by atoms with Crippen LogP contribution in [-0.2, 0) is 16.1 Å². The third-order valence-corrected chi connectivity index (χ3v) is 3.96. The topological polar surface area (TPSA) is 81.9 Å². The Hall–Kier alpha value is -3.02. The van der Waals surface area contributed by atoms with Gasteiger partial charge in [0.25, 0.3) is 0 Å². The number of rotatable bonds is 9. The molecule has 0 atom stereocenters. The maximum Gasteiger partial charge on any atom is 0.344 e. The largest absolute Gasteiger partial charge is 0.482 e. The van der Waals surface area contributed by atoms with Gasteiger partial charge in [0.2, 0.25) is 5.91 Å². The van der Waals surface area contributed by atoms with E-state index in [4.69, 9.17) is 15.2 Å². The zero-order valence-corrected chi connectivity index (χ0v) is 15.1. The fourth-order valence-corrected chi connectivity index (χ4v) is 2.59. The predicted molar refractivity (Wildman–Crippen MR) is 100 cm³/mol. The van der Waals surface area contributed by atoms with Gasteiger partial charge in [0, 0.05) is 29.9 Å². The molecule has 6 nitrogen and oxygen atoms in total. The van der Waals surface area contributed by atoms with Crippen molar-refractivity contribution >= 4 is 17.6 Å². The number of hydrogen-bond acceptors (Lipinski definition) is 5. The van der Waals surface area contributed by atoms with Crippen LogP contribution in [0.2, 0.25) is 0 Å². The first-order valence-electron chi connectivity index (χ1n) is 8.56. The molecule has 0 saturated carbocycles. The van der Waals surface area contributed by atoms with E-state index in [2.05, 4.69) is 18.7 Å². The van der Waals surface area contributed by atoms with Crippen molar-refractivity contribution in [3.05, 3.63) is 59.7 Å². The van der Waals surface area contributed by atoms with Crippen LogP contribution in [0.25, 0.3) is 0 Å². The highest BCUT2D eigenvalue weighted by Gasteiger charge is 2.11. The molecule has 6 heteroatoms. The fraction of sp³-hybridized carbons (Fsp3) is 0.300. The minimum absolute atomic E-state index is 0.177. The minimum Gasteiger partial charge on any atom is -0.482 e. The Morgan fingerprint density at radius 1 is 1.04 bits per heavy atom. The number of para-hydroxylation sites is 1. The summed E-state index contributed by atoms with van der Waals surface area (Å²) in [7, 11) is 0. The van der Waals surface area contributed by atoms with Crippen LogP contribution in [0.1, 0.15) is 29.8 Å². The Balaban J connectivity index is 1.92. The number of carbonyl (C=O) groups is 2. The summed E-state index contributed by atoms with van der Waals surface area (Å²) in [5, 5.41) is 0. The van der Waals surface area contributed by atoms with E-state index in [9.17, 15) is 9.59 Å². The highest BCUT2D eigenvalue weighted by molar-refractivity contribution is 5.93. The molecule has 0 spiro atoms. The van der Waals surface area contributed by atoms with Crippen LogP contribution in [0.5, 0.6) is 5.75 Å². The molecule has 0 saturated heterocycles. The molecule has 138 valence electrons. The summed E-state index contributed by atoms with van der Waals surface area (Å²) in [6.07, 6.45) is 0. The fourth-order valence-electron chi connectivity index (χ4n) is 2.59. The molecule has 0 fully saturated rings. The average molecular weight is 356 g/mol. The highest BCUT2D eigenvalue weighted by atomic mass is 16.6. The number of esters is 1. The number of hydrogen-bond donors (Lipinski definition) is 1. The third kappa shape index (κ3) is 5.24. The number of nitrogens with zero attached hydrogens (tertiary/aromatic N) is 1. The summed E-state index contributed by atoms with van der Waals surface area (Å²) in [5.41, 5.74) is 7.55. The molecule has 26 heavy (non-hydrogen) atoms. The van der Waals surface area contributed by atoms with Crippen molar-refractivity contribution in [1.29, 1.82) is 0 Å². The summed E-state index contributed by atoms with van der Waals surface area (Å²) >= 11 is 0. The van der Waals surface area contributed by atoms with Crippen molar-refractivity contribution < 1.29 is 19.1 Å². The summed E-state index contributed by atoms with van der Waals surface area (Å²) < 4.78 is 10.7. The maximum atomic E-state index is 12.0. The molecule has 2 N–H and O–H groups in total. The molecular weight excluding hydrogens is 332 g/mol. The zero-order valence-electron chi connectivity index (χ0n) is 15.1. The molecule has 0 aromatic heterocycles. The standard InChI is InChI=1S/C20H24N2O4/c1-3-22(4-2)18-11-6-5-8-16(18)13-26-19(23)14-25-17-10-7-9-15(12-17)20(21)24/h5-12H,3-4,13-14H2,1-2H3,(H2,21,24). The average Bonchev–Trinajstić information content (AvgIpc) is 2.66. The van der Waals surface area contributed by atoms with Gasteiger partial charge in [-0.05, 0) is 38.1 Å². The number of anilines is 1. The SMILES string of the molecule is CCN(CC)c1ccccc1COC(=O)COc1cccc(C(N)=O)c1. The van der Waals surface area contributed by atoms with Gasteiger partial charge in [-0.3, -0.25) is 4.79 Å². The van der Waals surface area contributed by atoms with E-state index in [1.807, 2.05) is 24.3 Å². The molecule has 2 rings (SSSR count). The molecular formula is C20H24N2O4. The lowest BCUT2D eigenvalue weighted by Crippen LogP contribution is -2.23. The van der Waals surface area contributed by atoms with Gasteiger partial charge in [0.1, 0.15) is 12.4 Å². The van der Waals surface area contributed by atoms with Crippen molar-refractivity contribution in [3.63, 3.8) is 0 Å². The van der Waals surface area contributed by atoms with Crippen LogP contribution < -0.4 is 15.4 Å². The number of amides is 1. The lowest BCUT2D eigenvalue weighted by molar-refractivity contribution is -0.147. The van der Waals surface area contributed by atoms with Gasteiger partial charge >= 0.3 is 5.97 Å². The quantitative estimate of drug-likeness (QED) is 0.699. The van der Waals surface area contributed by atoms with Crippen molar-refractivity contribution in [2.75, 3.05) is 24.6 Å². The van der Waals surface area contributed by atoms with Crippen LogP contribution in [0.15, 0.2) is 48.5 Å². The minimum atomic E-state index is -0.550. The van der Waals surface area contributed by atoms with Gasteiger partial charge in [-0.15, -0.1) is 0 Å². The van der Waals surface area contributed by atoms with Crippen LogP contribution in [0, 0.1) is 0 Å². The Kier molecular flexibility index (Phi) is 7.02. The zero-order chi connectivity index (χ0) is 18.9. The predicted octanol–water partition coefficient (Wildman–Crippen LogP) is 2.75. The molecule has 0 heterocycles. The van der Waals surface area contributed by atoms with Gasteiger partial charge in [-0.25, -0.2) is 4.79 Å². The smallest absolute Gasteiger partial charge is 0.344 e. The Morgan fingerprint density at radius 2 is 1.77 bits per heavy atom. The molecule has 0 aliphatic carbocycles. The Labute approximate surface area is 153 Å². The molecule has 0 radical (unpaired) electrons. The van der Waals surface area contributed by atoms with E-state index < -0.39 is 11.9 Å². The van der Waals surface area contributed by atoms with Gasteiger partial charge in [0.15, 0.2) is 6.61 Å². The summed E-state index contributed by atoms with van der Waals surface area (Å²) in [4.78, 5) is 25.3. The number of primary amides is 1. The molecule has 1 amide bonds. The van der Waals surface area contributed by atoms with Gasteiger partial charge in [-0.1, -0.05) is 24.3 Å². The van der Waals surface area contributed by atoms with Gasteiger partial charge < -0.3 is 20.1 Å². The van der Waals surface area contributed by atoms with E-state index in [1.165, 1.54) is 6.07 Å². The van der Waals surface area contributed by atoms with Crippen molar-refractivity contribution in [3.8, 4) is 5.75 Å². The molecule has 0 bridgehead atoms. The second kappa shape index (κ2) is 9.46. The molecule has 2 aromatic carbocycles. The maximum absolute atomic E-state index is 12.0. The number of nitrogens with two attached hydrogens (primary N) is 1. The third-order valence-electron chi connectivity index (χ3n) is 3.96. The Bertz CT molecular complexity index is 757. The van der Waals surface area contributed by atoms with E-state index in [-0.39, 0.29) is 13.2 Å². The first kappa shape index (κ1) is 19.3. The van der Waals surface area contributed by atoms with Crippen LogP contribution >= 0.6 is 0 Å². The second-order valence-electron chi connectivity index (χ2n) is 5.64. The number of ether oxygens (including phenoxy) is 2. The highest BCUT2D eigenvalue weighted by Crippen LogP contribution is 2.21. The van der Waals surface area contributed by atoms with Crippen molar-refractivity contribution in [1.82, 2.24) is 0 Å². The van der Waals surface area contributed by atoms with Gasteiger partial charge in [0.05, 0.1) is 0 Å². The molecule has 0 unspecified atom stereocenters. The second-order valence-corrected chi connectivity index (χ2v) is 5.64. The van der Waals surface area contributed by atoms with Crippen molar-refractivity contribution in [2.45, 2.75) is 20.5 Å². The first-order chi connectivity index (χ1) is 12.5. The van der Waals surface area contributed by atoms with E-state index in [0.717, 1.165) is 24.3 Å². The summed E-state index contributed by atoms with van der Waals surface area (Å²) in [5.74, 6) is -0.642. The van der Waals surface area contributed by atoms with Crippen LogP contribution in [0.4, 0.5) is 5.69 Å². The Morgan fingerprint density at radius 3 is 2.46 bits per heavy atom. The molecule has 0 aliphatic rings. The first-order valence-corrected chi connectivity index (χ1v) is 8.56. The molecule has 2 aromatic rings. The van der Waals surface area contributed by atoms with E-state index in [1.54, 1.807) is 18.2 Å². The van der Waals surface area contributed by atoms with Crippen LogP contribution in [0.3, 0.4) is 0 Å². The van der Waals surface area contributed by atoms with E-state index >= 15 is 0 Å². The molecule has 0 aliphatic heterocycles. The summed E-state index contributed by atoms with van der Waals surface area (Å²) in [6.45, 7) is 5.86. The lowest BCUT2D eigenvalue weighted by Gasteiger charge is -2.24. The van der Waals surface area contributed by atoms with E-state index in [0.29, 0.717) is 11.3 Å². The van der Waals surface area contributed by atoms with Gasteiger partial charge in [-0.2, -0.15) is 0 Å². The number of benzene rings is 2.